The third-order valence-electron chi connectivity index (χ3n) is 3.46. The molecule has 21 heavy (non-hydrogen) atoms. The van der Waals surface area contributed by atoms with Crippen LogP contribution in [0.25, 0.3) is 10.9 Å². The Morgan fingerprint density at radius 1 is 1.14 bits per heavy atom. The molecular weight excluding hydrogens is 300 g/mol. The molecule has 0 unspecified atom stereocenters. The first-order valence-corrected chi connectivity index (χ1v) is 8.11. The molecule has 1 heterocycles. The number of aromatic amines is 1. The Kier molecular flexibility index (Phi) is 4.24. The van der Waals surface area contributed by atoms with Gasteiger partial charge in [-0.2, -0.15) is 0 Å². The largest absolute Gasteiger partial charge is 0.360 e. The lowest BCUT2D eigenvalue weighted by Gasteiger charge is -2.08. The molecule has 0 amide bonds. The molecule has 2 aromatic carbocycles. The maximum absolute atomic E-state index is 6.14. The molecule has 108 valence electrons. The molecule has 0 saturated heterocycles. The molecule has 0 bridgehead atoms. The van der Waals surface area contributed by atoms with E-state index < -0.39 is 0 Å². The van der Waals surface area contributed by atoms with Gasteiger partial charge >= 0.3 is 0 Å². The molecule has 1 aromatic heterocycles. The first-order valence-electron chi connectivity index (χ1n) is 6.91. The van der Waals surface area contributed by atoms with Crippen LogP contribution in [-0.2, 0) is 6.42 Å². The molecule has 0 aliphatic carbocycles. The second kappa shape index (κ2) is 6.14. The van der Waals surface area contributed by atoms with Gasteiger partial charge in [-0.05, 0) is 49.2 Å². The summed E-state index contributed by atoms with van der Waals surface area (Å²) < 4.78 is 0. The Bertz CT molecular complexity index is 780. The molecule has 3 N–H and O–H groups in total. The number of H-pyrrole nitrogens is 1. The topological polar surface area (TPSA) is 41.8 Å². The highest BCUT2D eigenvalue weighted by atomic mass is 35.5. The molecule has 2 nitrogen and oxygen atoms in total. The standard InChI is InChI=1S/C17H17ClN2S/c1-11-2-5-14-15(8-11)20-10-17(14)21-16-9-13(18)4-3-12(16)6-7-19/h2-5,8-10,20H,6-7,19H2,1H3. The van der Waals surface area contributed by atoms with Crippen molar-refractivity contribution in [2.45, 2.75) is 23.1 Å². The van der Waals surface area contributed by atoms with E-state index in [9.17, 15) is 0 Å². The molecule has 3 aromatic rings. The summed E-state index contributed by atoms with van der Waals surface area (Å²) in [5.41, 5.74) is 9.37. The summed E-state index contributed by atoms with van der Waals surface area (Å²) >= 11 is 7.88. The summed E-state index contributed by atoms with van der Waals surface area (Å²) in [6.07, 6.45) is 2.92. The van der Waals surface area contributed by atoms with Crippen molar-refractivity contribution in [3.8, 4) is 0 Å². The van der Waals surface area contributed by atoms with Crippen LogP contribution in [0.2, 0.25) is 5.02 Å². The number of nitrogens with one attached hydrogen (secondary N) is 1. The van der Waals surface area contributed by atoms with Crippen LogP contribution in [-0.4, -0.2) is 11.5 Å². The fourth-order valence-electron chi connectivity index (χ4n) is 2.40. The highest BCUT2D eigenvalue weighted by Gasteiger charge is 2.09. The quantitative estimate of drug-likeness (QED) is 0.727. The maximum Gasteiger partial charge on any atom is 0.0468 e. The van der Waals surface area contributed by atoms with Gasteiger partial charge in [0.25, 0.3) is 0 Å². The van der Waals surface area contributed by atoms with Gasteiger partial charge in [-0.25, -0.2) is 0 Å². The van der Waals surface area contributed by atoms with Crippen LogP contribution in [0.3, 0.4) is 0 Å². The van der Waals surface area contributed by atoms with Crippen molar-refractivity contribution in [1.82, 2.24) is 4.98 Å². The van der Waals surface area contributed by atoms with E-state index in [2.05, 4.69) is 42.4 Å². The van der Waals surface area contributed by atoms with Gasteiger partial charge in [0.1, 0.15) is 0 Å². The van der Waals surface area contributed by atoms with E-state index in [0.717, 1.165) is 11.4 Å². The number of hydrogen-bond donors (Lipinski definition) is 2. The van der Waals surface area contributed by atoms with Crippen molar-refractivity contribution in [2.24, 2.45) is 5.73 Å². The van der Waals surface area contributed by atoms with E-state index in [1.807, 2.05) is 12.1 Å². The van der Waals surface area contributed by atoms with Crippen LogP contribution >= 0.6 is 23.4 Å². The van der Waals surface area contributed by atoms with Gasteiger partial charge in [0.15, 0.2) is 0 Å². The number of benzene rings is 2. The number of rotatable bonds is 4. The van der Waals surface area contributed by atoms with E-state index in [-0.39, 0.29) is 0 Å². The fraction of sp³-hybridized carbons (Fsp3) is 0.176. The summed E-state index contributed by atoms with van der Waals surface area (Å²) in [5.74, 6) is 0. The van der Waals surface area contributed by atoms with Crippen molar-refractivity contribution in [1.29, 1.82) is 0 Å². The first-order chi connectivity index (χ1) is 10.2. The van der Waals surface area contributed by atoms with Crippen LogP contribution in [0.1, 0.15) is 11.1 Å². The molecule has 0 fully saturated rings. The van der Waals surface area contributed by atoms with Crippen LogP contribution in [0.5, 0.6) is 0 Å². The third-order valence-corrected chi connectivity index (χ3v) is 4.85. The first kappa shape index (κ1) is 14.5. The second-order valence-corrected chi connectivity index (χ2v) is 6.61. The molecule has 4 heteroatoms. The van der Waals surface area contributed by atoms with Crippen LogP contribution in [0, 0.1) is 6.92 Å². The predicted octanol–water partition coefficient (Wildman–Crippen LogP) is 4.78. The number of fused-ring (bicyclic) bond motifs is 1. The van der Waals surface area contributed by atoms with Crippen LogP contribution < -0.4 is 5.73 Å². The summed E-state index contributed by atoms with van der Waals surface area (Å²) in [6.45, 7) is 2.74. The Balaban J connectivity index is 2.00. The molecule has 0 aliphatic heterocycles. The number of halogens is 1. The number of hydrogen-bond acceptors (Lipinski definition) is 2. The number of aryl methyl sites for hydroxylation is 1. The average molecular weight is 317 g/mol. The van der Waals surface area contributed by atoms with Gasteiger partial charge < -0.3 is 10.7 Å². The van der Waals surface area contributed by atoms with Crippen molar-refractivity contribution in [3.05, 3.63) is 58.7 Å². The maximum atomic E-state index is 6.14. The van der Waals surface area contributed by atoms with E-state index in [0.29, 0.717) is 6.54 Å². The number of nitrogens with two attached hydrogens (primary N) is 1. The van der Waals surface area contributed by atoms with E-state index in [1.54, 1.807) is 11.8 Å². The average Bonchev–Trinajstić information content (AvgIpc) is 2.84. The zero-order valence-corrected chi connectivity index (χ0v) is 13.4. The predicted molar refractivity (Wildman–Crippen MR) is 91.4 cm³/mol. The van der Waals surface area contributed by atoms with Gasteiger partial charge in [-0.1, -0.05) is 41.6 Å². The molecule has 0 atom stereocenters. The van der Waals surface area contributed by atoms with Gasteiger partial charge in [-0.3, -0.25) is 0 Å². The third kappa shape index (κ3) is 3.10. The van der Waals surface area contributed by atoms with E-state index in [4.69, 9.17) is 17.3 Å². The Labute approximate surface area is 133 Å². The summed E-state index contributed by atoms with van der Waals surface area (Å²) in [6, 6.07) is 12.5. The van der Waals surface area contributed by atoms with Crippen molar-refractivity contribution < 1.29 is 0 Å². The SMILES string of the molecule is Cc1ccc2c(Sc3cc(Cl)ccc3CCN)c[nH]c2c1. The minimum atomic E-state index is 0.641. The minimum Gasteiger partial charge on any atom is -0.360 e. The second-order valence-electron chi connectivity index (χ2n) is 5.09. The van der Waals surface area contributed by atoms with E-state index in [1.165, 1.54) is 31.8 Å². The lowest BCUT2D eigenvalue weighted by Crippen LogP contribution is -2.03. The normalized spacial score (nSPS) is 11.2. The number of aromatic nitrogens is 1. The van der Waals surface area contributed by atoms with E-state index >= 15 is 0 Å². The fourth-order valence-corrected chi connectivity index (χ4v) is 3.77. The van der Waals surface area contributed by atoms with Gasteiger partial charge in [0.2, 0.25) is 0 Å². The molecule has 0 aliphatic rings. The molecule has 0 spiro atoms. The van der Waals surface area contributed by atoms with Gasteiger partial charge in [0, 0.05) is 31.9 Å². The van der Waals surface area contributed by atoms with Gasteiger partial charge in [0.05, 0.1) is 0 Å². The van der Waals surface area contributed by atoms with Gasteiger partial charge in [-0.15, -0.1) is 0 Å². The van der Waals surface area contributed by atoms with Crippen molar-refractivity contribution >= 4 is 34.3 Å². The summed E-state index contributed by atoms with van der Waals surface area (Å²) in [4.78, 5) is 5.73. The van der Waals surface area contributed by atoms with Crippen LogP contribution in [0.4, 0.5) is 0 Å². The Hall–Kier alpha value is -1.42. The summed E-state index contributed by atoms with van der Waals surface area (Å²) in [5, 5.41) is 2.00. The molecule has 0 saturated carbocycles. The molecular formula is C17H17ClN2S. The minimum absolute atomic E-state index is 0.641. The Morgan fingerprint density at radius 3 is 2.81 bits per heavy atom. The van der Waals surface area contributed by atoms with Crippen LogP contribution in [0.15, 0.2) is 52.4 Å². The lowest BCUT2D eigenvalue weighted by molar-refractivity contribution is 0.944. The zero-order valence-electron chi connectivity index (χ0n) is 11.8. The smallest absolute Gasteiger partial charge is 0.0468 e. The highest BCUT2D eigenvalue weighted by Crippen LogP contribution is 2.37. The monoisotopic (exact) mass is 316 g/mol. The lowest BCUT2D eigenvalue weighted by atomic mass is 10.1. The summed E-state index contributed by atoms with van der Waals surface area (Å²) in [7, 11) is 0. The Morgan fingerprint density at radius 2 is 2.00 bits per heavy atom. The zero-order chi connectivity index (χ0) is 14.8. The van der Waals surface area contributed by atoms with Crippen molar-refractivity contribution in [3.63, 3.8) is 0 Å². The molecule has 0 radical (unpaired) electrons. The molecule has 3 rings (SSSR count). The van der Waals surface area contributed by atoms with Crippen molar-refractivity contribution in [2.75, 3.05) is 6.54 Å². The highest BCUT2D eigenvalue weighted by molar-refractivity contribution is 7.99.